The molecule has 0 atom stereocenters. The number of aromatic nitrogens is 3. The first-order valence-electron chi connectivity index (χ1n) is 13.3. The molecule has 1 aromatic carbocycles. The van der Waals surface area contributed by atoms with Crippen LogP contribution < -0.4 is 15.5 Å². The van der Waals surface area contributed by atoms with Gasteiger partial charge in [0.25, 0.3) is 5.91 Å². The Balaban J connectivity index is 0.000000500. The summed E-state index contributed by atoms with van der Waals surface area (Å²) in [6.07, 6.45) is 5.92. The van der Waals surface area contributed by atoms with Crippen LogP contribution in [0.1, 0.15) is 28.8 Å². The van der Waals surface area contributed by atoms with Crippen LogP contribution in [0.15, 0.2) is 54.9 Å². The number of fused-ring (bicyclic) bond motifs is 2. The van der Waals surface area contributed by atoms with Crippen LogP contribution in [0.25, 0.3) is 16.9 Å². The molecule has 7 rings (SSSR count). The molecule has 39 heavy (non-hydrogen) atoms. The van der Waals surface area contributed by atoms with Gasteiger partial charge in [0.05, 0.1) is 23.1 Å². The second-order valence-corrected chi connectivity index (χ2v) is 10.3. The fourth-order valence-electron chi connectivity index (χ4n) is 5.13. The number of imidazole rings is 1. The molecule has 6 heterocycles. The SMILES string of the molecule is C1CCOC1.CN(C)C1CN(c2cccc(Nc3ccc(-c4cnc5cc(F)ccn45)c4c3C(=O)NC4)n2)C1. The van der Waals surface area contributed by atoms with Crippen molar-refractivity contribution in [3.8, 4) is 11.3 Å². The Hall–Kier alpha value is -4.02. The highest BCUT2D eigenvalue weighted by Gasteiger charge is 2.30. The molecular weight excluding hydrogens is 497 g/mol. The fraction of sp³-hybridized carbons (Fsp3) is 0.345. The number of carbonyl (C=O) groups is 1. The van der Waals surface area contributed by atoms with E-state index in [4.69, 9.17) is 9.72 Å². The summed E-state index contributed by atoms with van der Waals surface area (Å²) in [6, 6.07) is 13.1. The van der Waals surface area contributed by atoms with Crippen LogP contribution in [0.2, 0.25) is 0 Å². The lowest BCUT2D eigenvalue weighted by Gasteiger charge is -2.43. The number of halogens is 1. The minimum absolute atomic E-state index is 0.132. The van der Waals surface area contributed by atoms with Gasteiger partial charge in [-0.15, -0.1) is 0 Å². The maximum Gasteiger partial charge on any atom is 0.254 e. The van der Waals surface area contributed by atoms with E-state index in [1.807, 2.05) is 34.7 Å². The molecule has 2 N–H and O–H groups in total. The zero-order chi connectivity index (χ0) is 26.9. The summed E-state index contributed by atoms with van der Waals surface area (Å²) in [6.45, 7) is 4.30. The molecule has 202 valence electrons. The number of likely N-dealkylation sites (N-methyl/N-ethyl adjacent to an activating group) is 1. The number of benzene rings is 1. The molecule has 3 aliphatic heterocycles. The molecule has 2 saturated heterocycles. The van der Waals surface area contributed by atoms with E-state index >= 15 is 0 Å². The molecule has 0 aliphatic carbocycles. The highest BCUT2D eigenvalue weighted by Crippen LogP contribution is 2.35. The van der Waals surface area contributed by atoms with Crippen LogP contribution in [0.5, 0.6) is 0 Å². The predicted molar refractivity (Wildman–Crippen MR) is 149 cm³/mol. The van der Waals surface area contributed by atoms with Crippen molar-refractivity contribution in [2.24, 2.45) is 0 Å². The second-order valence-electron chi connectivity index (χ2n) is 10.3. The lowest BCUT2D eigenvalue weighted by molar-refractivity contribution is 0.0966. The highest BCUT2D eigenvalue weighted by molar-refractivity contribution is 6.06. The second kappa shape index (κ2) is 10.6. The van der Waals surface area contributed by atoms with Gasteiger partial charge in [-0.25, -0.2) is 14.4 Å². The number of hydrogen-bond acceptors (Lipinski definition) is 7. The summed E-state index contributed by atoms with van der Waals surface area (Å²) in [5.74, 6) is 1.13. The Kier molecular flexibility index (Phi) is 6.88. The van der Waals surface area contributed by atoms with Gasteiger partial charge in [-0.05, 0) is 56.8 Å². The van der Waals surface area contributed by atoms with Crippen LogP contribution in [0, 0.1) is 5.82 Å². The van der Waals surface area contributed by atoms with Gasteiger partial charge < -0.3 is 25.2 Å². The minimum atomic E-state index is -0.337. The van der Waals surface area contributed by atoms with Gasteiger partial charge in [0.15, 0.2) is 0 Å². The first-order valence-corrected chi connectivity index (χ1v) is 13.3. The lowest BCUT2D eigenvalue weighted by atomic mass is 9.99. The fourth-order valence-corrected chi connectivity index (χ4v) is 5.13. The maximum absolute atomic E-state index is 13.6. The van der Waals surface area contributed by atoms with E-state index in [0.29, 0.717) is 35.3 Å². The van der Waals surface area contributed by atoms with Crippen LogP contribution in [0.4, 0.5) is 21.7 Å². The first-order chi connectivity index (χ1) is 19.0. The molecule has 0 spiro atoms. The summed E-state index contributed by atoms with van der Waals surface area (Å²) in [7, 11) is 4.18. The third-order valence-corrected chi connectivity index (χ3v) is 7.46. The lowest BCUT2D eigenvalue weighted by Crippen LogP contribution is -2.57. The van der Waals surface area contributed by atoms with Crippen molar-refractivity contribution < 1.29 is 13.9 Å². The van der Waals surface area contributed by atoms with Crippen molar-refractivity contribution >= 4 is 28.9 Å². The van der Waals surface area contributed by atoms with Crippen molar-refractivity contribution in [3.63, 3.8) is 0 Å². The molecule has 3 aliphatic rings. The zero-order valence-corrected chi connectivity index (χ0v) is 22.2. The standard InChI is InChI=1S/C25H24FN7O.C4H8O/c1-31(2)16-13-32(14-16)22-5-3-4-21(30-22)29-19-7-6-17(18-11-28-25(34)24(18)19)20-12-27-23-10-15(26)8-9-33(20)23;1-2-4-5-3-1/h3-10,12,16H,11,13-14H2,1-2H3,(H,28,34)(H,29,30);1-4H2. The number of hydrogen-bond donors (Lipinski definition) is 2. The predicted octanol–water partition coefficient (Wildman–Crippen LogP) is 4.07. The van der Waals surface area contributed by atoms with E-state index in [1.165, 1.54) is 25.0 Å². The van der Waals surface area contributed by atoms with E-state index in [1.54, 1.807) is 12.4 Å². The van der Waals surface area contributed by atoms with Crippen molar-refractivity contribution in [1.29, 1.82) is 0 Å². The van der Waals surface area contributed by atoms with E-state index in [0.717, 1.165) is 48.9 Å². The number of carbonyl (C=O) groups excluding carboxylic acids is 1. The van der Waals surface area contributed by atoms with E-state index in [2.05, 4.69) is 39.5 Å². The molecular formula is C29H32FN7O2. The van der Waals surface area contributed by atoms with Gasteiger partial charge >= 0.3 is 0 Å². The number of ether oxygens (including phenoxy) is 1. The Morgan fingerprint density at radius 1 is 1.13 bits per heavy atom. The number of nitrogens with one attached hydrogen (secondary N) is 2. The summed E-state index contributed by atoms with van der Waals surface area (Å²) in [4.78, 5) is 26.3. The Labute approximate surface area is 226 Å². The highest BCUT2D eigenvalue weighted by atomic mass is 19.1. The molecule has 0 bridgehead atoms. The van der Waals surface area contributed by atoms with Crippen LogP contribution >= 0.6 is 0 Å². The topological polar surface area (TPSA) is 87.0 Å². The quantitative estimate of drug-likeness (QED) is 0.403. The first kappa shape index (κ1) is 25.3. The van der Waals surface area contributed by atoms with Gasteiger partial charge in [-0.3, -0.25) is 9.20 Å². The molecule has 9 nitrogen and oxygen atoms in total. The summed E-state index contributed by atoms with van der Waals surface area (Å²) >= 11 is 0. The summed E-state index contributed by atoms with van der Waals surface area (Å²) < 4.78 is 20.4. The number of amides is 1. The monoisotopic (exact) mass is 529 g/mol. The van der Waals surface area contributed by atoms with Gasteiger partial charge in [-0.1, -0.05) is 12.1 Å². The number of nitrogens with zero attached hydrogens (tertiary/aromatic N) is 5. The van der Waals surface area contributed by atoms with Crippen molar-refractivity contribution in [2.45, 2.75) is 25.4 Å². The molecule has 0 radical (unpaired) electrons. The summed E-state index contributed by atoms with van der Waals surface area (Å²) in [5, 5.41) is 6.28. The van der Waals surface area contributed by atoms with E-state index in [-0.39, 0.29) is 11.7 Å². The number of pyridine rings is 2. The molecule has 10 heteroatoms. The maximum atomic E-state index is 13.6. The molecule has 0 saturated carbocycles. The largest absolute Gasteiger partial charge is 0.381 e. The van der Waals surface area contributed by atoms with Crippen LogP contribution in [0.3, 0.4) is 0 Å². The van der Waals surface area contributed by atoms with E-state index in [9.17, 15) is 9.18 Å². The van der Waals surface area contributed by atoms with Gasteiger partial charge in [0, 0.05) is 56.7 Å². The summed E-state index contributed by atoms with van der Waals surface area (Å²) in [5.41, 5.74) is 4.39. The molecule has 0 unspecified atom stereocenters. The van der Waals surface area contributed by atoms with Crippen LogP contribution in [-0.2, 0) is 11.3 Å². The number of rotatable bonds is 5. The molecule has 1 amide bonds. The Morgan fingerprint density at radius 3 is 2.69 bits per heavy atom. The van der Waals surface area contributed by atoms with Crippen molar-refractivity contribution in [3.05, 3.63) is 71.8 Å². The minimum Gasteiger partial charge on any atom is -0.381 e. The molecule has 3 aromatic heterocycles. The molecule has 2 fully saturated rings. The van der Waals surface area contributed by atoms with Gasteiger partial charge in [-0.2, -0.15) is 0 Å². The van der Waals surface area contributed by atoms with E-state index < -0.39 is 0 Å². The van der Waals surface area contributed by atoms with Gasteiger partial charge in [0.2, 0.25) is 0 Å². The smallest absolute Gasteiger partial charge is 0.254 e. The zero-order valence-electron chi connectivity index (χ0n) is 22.2. The average molecular weight is 530 g/mol. The average Bonchev–Trinajstić information content (AvgIpc) is 3.66. The van der Waals surface area contributed by atoms with Crippen LogP contribution in [-0.4, -0.2) is 71.6 Å². The number of anilines is 3. The Morgan fingerprint density at radius 2 is 1.95 bits per heavy atom. The third kappa shape index (κ3) is 5.05. The van der Waals surface area contributed by atoms with Crippen molar-refractivity contribution in [2.75, 3.05) is 50.6 Å². The Bertz CT molecular complexity index is 1500. The normalized spacial score (nSPS) is 16.6. The van der Waals surface area contributed by atoms with Gasteiger partial charge in [0.1, 0.15) is 23.1 Å². The van der Waals surface area contributed by atoms with Crippen molar-refractivity contribution in [1.82, 2.24) is 24.6 Å². The molecule has 4 aromatic rings. The third-order valence-electron chi connectivity index (χ3n) is 7.46.